The molecule has 0 fully saturated rings. The van der Waals surface area contributed by atoms with E-state index in [9.17, 15) is 9.59 Å². The molecule has 0 N–H and O–H groups in total. The first-order valence-electron chi connectivity index (χ1n) is 11.1. The summed E-state index contributed by atoms with van der Waals surface area (Å²) in [5.41, 5.74) is 0.452. The molecule has 5 atom stereocenters. The van der Waals surface area contributed by atoms with Crippen LogP contribution in [0.2, 0.25) is 18.1 Å². The van der Waals surface area contributed by atoms with Crippen molar-refractivity contribution in [1.29, 1.82) is 0 Å². The number of ether oxygens (including phenoxy) is 1. The molecule has 0 amide bonds. The number of carbonyl (C=O) groups is 2. The second-order valence-corrected chi connectivity index (χ2v) is 13.4. The van der Waals surface area contributed by atoms with Gasteiger partial charge < -0.3 is 9.16 Å². The smallest absolute Gasteiger partial charge is 0.250 e. The highest BCUT2D eigenvalue weighted by molar-refractivity contribution is 6.73. The topological polar surface area (TPSA) is 52.6 Å². The predicted octanol–water partition coefficient (Wildman–Crippen LogP) is 5.67. The lowest BCUT2D eigenvalue weighted by Crippen LogP contribution is -2.50. The van der Waals surface area contributed by atoms with Crippen LogP contribution in [0.4, 0.5) is 0 Å². The fourth-order valence-corrected chi connectivity index (χ4v) is 7.88. The molecule has 0 bridgehead atoms. The normalized spacial score (nSPS) is 28.6. The number of allylic oxidation sites excluding steroid dienone is 5. The molecule has 0 heterocycles. The molecular weight excluding hydrogens is 380 g/mol. The van der Waals surface area contributed by atoms with Crippen molar-refractivity contribution in [2.45, 2.75) is 66.1 Å². The van der Waals surface area contributed by atoms with Crippen molar-refractivity contribution in [2.24, 2.45) is 29.6 Å². The van der Waals surface area contributed by atoms with Crippen LogP contribution < -0.4 is 0 Å². The minimum absolute atomic E-state index is 0.0326. The van der Waals surface area contributed by atoms with Gasteiger partial charge in [0, 0.05) is 23.3 Å². The maximum absolute atomic E-state index is 13.5. The number of hydrogen-bond acceptors (Lipinski definition) is 4. The molecule has 29 heavy (non-hydrogen) atoms. The second-order valence-electron chi connectivity index (χ2n) is 8.74. The zero-order valence-electron chi connectivity index (χ0n) is 19.2. The van der Waals surface area contributed by atoms with E-state index in [1.165, 1.54) is 7.11 Å². The molecule has 0 saturated carbocycles. The third-order valence-electron chi connectivity index (χ3n) is 7.26. The summed E-state index contributed by atoms with van der Waals surface area (Å²) in [6, 6.07) is 3.13. The molecule has 2 aliphatic rings. The Bertz CT molecular complexity index is 708. The molecule has 0 aromatic rings. The Labute approximate surface area is 177 Å². The molecule has 0 unspecified atom stereocenters. The van der Waals surface area contributed by atoms with Gasteiger partial charge in [-0.15, -0.1) is 6.58 Å². The van der Waals surface area contributed by atoms with Gasteiger partial charge in [-0.1, -0.05) is 40.7 Å². The highest BCUT2D eigenvalue weighted by atomic mass is 28.4. The van der Waals surface area contributed by atoms with E-state index in [1.54, 1.807) is 6.92 Å². The van der Waals surface area contributed by atoms with Gasteiger partial charge in [0.05, 0.1) is 12.9 Å². The van der Waals surface area contributed by atoms with E-state index < -0.39 is 8.32 Å². The van der Waals surface area contributed by atoms with Crippen molar-refractivity contribution < 1.29 is 18.8 Å². The Balaban J connectivity index is 2.60. The Morgan fingerprint density at radius 1 is 1.14 bits per heavy atom. The molecule has 162 valence electrons. The number of hydrogen-bond donors (Lipinski definition) is 0. The third-order valence-corrected chi connectivity index (χ3v) is 11.8. The number of fused-ring (bicyclic) bond motifs is 1. The molecule has 2 aliphatic carbocycles. The lowest BCUT2D eigenvalue weighted by Gasteiger charge is -2.46. The van der Waals surface area contributed by atoms with Crippen LogP contribution in [-0.2, 0) is 18.8 Å². The van der Waals surface area contributed by atoms with Gasteiger partial charge in [-0.05, 0) is 49.4 Å². The number of ketones is 2. The summed E-state index contributed by atoms with van der Waals surface area (Å²) in [6.07, 6.45) is 4.81. The first-order valence-corrected chi connectivity index (χ1v) is 13.6. The quantitative estimate of drug-likeness (QED) is 0.357. The molecule has 0 aliphatic heterocycles. The molecule has 0 radical (unpaired) electrons. The van der Waals surface area contributed by atoms with Gasteiger partial charge in [-0.3, -0.25) is 9.59 Å². The van der Waals surface area contributed by atoms with Crippen molar-refractivity contribution in [3.63, 3.8) is 0 Å². The zero-order chi connectivity index (χ0) is 21.9. The maximum atomic E-state index is 13.5. The summed E-state index contributed by atoms with van der Waals surface area (Å²) in [5, 5.41) is 0. The van der Waals surface area contributed by atoms with Crippen LogP contribution in [0.1, 0.15) is 48.0 Å². The summed E-state index contributed by atoms with van der Waals surface area (Å²) in [5.74, 6) is 0.406. The summed E-state index contributed by atoms with van der Waals surface area (Å²) in [4.78, 5) is 26.7. The monoisotopic (exact) mass is 418 g/mol. The Morgan fingerprint density at radius 3 is 2.21 bits per heavy atom. The average molecular weight is 419 g/mol. The summed E-state index contributed by atoms with van der Waals surface area (Å²) in [6.45, 7) is 16.4. The van der Waals surface area contributed by atoms with Crippen molar-refractivity contribution in [3.05, 3.63) is 35.8 Å². The molecule has 0 spiro atoms. The van der Waals surface area contributed by atoms with Crippen LogP contribution in [0.3, 0.4) is 0 Å². The molecule has 0 aromatic heterocycles. The number of Topliss-reactive ketones (excluding diaryl/α,β-unsaturated/α-hetero) is 2. The Kier molecular flexibility index (Phi) is 7.72. The number of carbonyl (C=O) groups excluding carboxylic acids is 2. The molecule has 2 rings (SSSR count). The standard InChI is InChI=1S/C24H38O4Si/c1-9-13-15(5)19-18(28-29(10-2,11-3)12-4)14-16(6)20-21(19)22(25)17(7)24(27-8)23(20)26/h9,14-16,19-21H,1,10-13H2,2-8H3/t15-,16-,19+,20-,21+/m0/s1. The van der Waals surface area contributed by atoms with Gasteiger partial charge in [0.2, 0.25) is 14.1 Å². The fraction of sp³-hybridized carbons (Fsp3) is 0.667. The summed E-state index contributed by atoms with van der Waals surface area (Å²) in [7, 11) is -0.429. The highest BCUT2D eigenvalue weighted by Crippen LogP contribution is 2.49. The molecular formula is C24H38O4Si. The largest absolute Gasteiger partial charge is 0.547 e. The first kappa shape index (κ1) is 23.7. The van der Waals surface area contributed by atoms with Crippen molar-refractivity contribution in [3.8, 4) is 0 Å². The SMILES string of the molecule is C=CC[C@H](C)[C@@H]1C(O[Si](CC)(CC)CC)=C[C@H](C)[C@@H]2C(=O)C(OC)=C(C)C(=O)[C@@H]21. The van der Waals surface area contributed by atoms with E-state index in [-0.39, 0.29) is 46.9 Å². The van der Waals surface area contributed by atoms with Gasteiger partial charge in [-0.25, -0.2) is 0 Å². The van der Waals surface area contributed by atoms with Crippen LogP contribution >= 0.6 is 0 Å². The van der Waals surface area contributed by atoms with Gasteiger partial charge in [0.1, 0.15) is 0 Å². The van der Waals surface area contributed by atoms with Crippen LogP contribution in [0.15, 0.2) is 35.8 Å². The minimum atomic E-state index is -1.91. The summed E-state index contributed by atoms with van der Waals surface area (Å²) >= 11 is 0. The molecule has 0 saturated heterocycles. The van der Waals surface area contributed by atoms with E-state index in [0.29, 0.717) is 5.57 Å². The second kappa shape index (κ2) is 9.46. The fourth-order valence-electron chi connectivity index (χ4n) is 5.24. The lowest BCUT2D eigenvalue weighted by atomic mass is 9.60. The zero-order valence-corrected chi connectivity index (χ0v) is 20.2. The van der Waals surface area contributed by atoms with E-state index in [2.05, 4.69) is 40.3 Å². The van der Waals surface area contributed by atoms with Gasteiger partial charge in [0.15, 0.2) is 11.5 Å². The lowest BCUT2D eigenvalue weighted by molar-refractivity contribution is -0.138. The average Bonchev–Trinajstić information content (AvgIpc) is 2.70. The van der Waals surface area contributed by atoms with Gasteiger partial charge in [-0.2, -0.15) is 0 Å². The first-order chi connectivity index (χ1) is 13.7. The van der Waals surface area contributed by atoms with Gasteiger partial charge >= 0.3 is 0 Å². The molecule has 5 heteroatoms. The Hall–Kier alpha value is -1.62. The van der Waals surface area contributed by atoms with Crippen molar-refractivity contribution >= 4 is 19.9 Å². The van der Waals surface area contributed by atoms with Crippen LogP contribution in [0, 0.1) is 29.6 Å². The predicted molar refractivity (Wildman–Crippen MR) is 120 cm³/mol. The Morgan fingerprint density at radius 2 is 1.72 bits per heavy atom. The minimum Gasteiger partial charge on any atom is -0.547 e. The van der Waals surface area contributed by atoms with E-state index in [1.807, 2.05) is 13.0 Å². The van der Waals surface area contributed by atoms with Crippen molar-refractivity contribution in [2.75, 3.05) is 7.11 Å². The molecule has 0 aromatic carbocycles. The van der Waals surface area contributed by atoms with Crippen LogP contribution in [0.5, 0.6) is 0 Å². The van der Waals surface area contributed by atoms with Crippen LogP contribution in [-0.4, -0.2) is 27.0 Å². The highest BCUT2D eigenvalue weighted by Gasteiger charge is 2.53. The number of methoxy groups -OCH3 is 1. The molecule has 4 nitrogen and oxygen atoms in total. The third kappa shape index (κ3) is 4.16. The maximum Gasteiger partial charge on any atom is 0.250 e. The van der Waals surface area contributed by atoms with E-state index >= 15 is 0 Å². The van der Waals surface area contributed by atoms with E-state index in [4.69, 9.17) is 9.16 Å². The van der Waals surface area contributed by atoms with Gasteiger partial charge in [0.25, 0.3) is 0 Å². The summed E-state index contributed by atoms with van der Waals surface area (Å²) < 4.78 is 12.2. The number of rotatable bonds is 9. The van der Waals surface area contributed by atoms with Crippen molar-refractivity contribution in [1.82, 2.24) is 0 Å². The van der Waals surface area contributed by atoms with Crippen LogP contribution in [0.25, 0.3) is 0 Å². The van der Waals surface area contributed by atoms with E-state index in [0.717, 1.165) is 30.3 Å².